The number of hydrogen-bond acceptors (Lipinski definition) is 3. The molecule has 3 N–H and O–H groups in total. The first-order valence-corrected chi connectivity index (χ1v) is 6.45. The minimum atomic E-state index is -0.877. The van der Waals surface area contributed by atoms with Gasteiger partial charge < -0.3 is 15.7 Å². The summed E-state index contributed by atoms with van der Waals surface area (Å²) in [6.45, 7) is 5.05. The highest BCUT2D eigenvalue weighted by Crippen LogP contribution is 2.18. The normalized spacial score (nSPS) is 19.5. The highest BCUT2D eigenvalue weighted by atomic mass is 16.4. The highest BCUT2D eigenvalue weighted by Gasteiger charge is 2.13. The molecule has 1 aromatic carbocycles. The van der Waals surface area contributed by atoms with Crippen molar-refractivity contribution in [3.63, 3.8) is 0 Å². The fourth-order valence-electron chi connectivity index (χ4n) is 2.30. The van der Waals surface area contributed by atoms with Crippen LogP contribution < -0.4 is 10.6 Å². The van der Waals surface area contributed by atoms with Crippen LogP contribution in [0.25, 0.3) is 0 Å². The van der Waals surface area contributed by atoms with Gasteiger partial charge in [-0.25, -0.2) is 4.79 Å². The lowest BCUT2D eigenvalue weighted by Crippen LogP contribution is -2.33. The van der Waals surface area contributed by atoms with E-state index in [2.05, 4.69) is 10.6 Å². The summed E-state index contributed by atoms with van der Waals surface area (Å²) in [6.07, 6.45) is 2.46. The van der Waals surface area contributed by atoms with Crippen molar-refractivity contribution in [2.24, 2.45) is 5.92 Å². The Hall–Kier alpha value is -1.55. The van der Waals surface area contributed by atoms with E-state index in [1.54, 1.807) is 12.1 Å². The molecule has 4 heteroatoms. The summed E-state index contributed by atoms with van der Waals surface area (Å²) in [5.41, 5.74) is 2.36. The topological polar surface area (TPSA) is 61.4 Å². The van der Waals surface area contributed by atoms with E-state index in [0.717, 1.165) is 30.9 Å². The molecule has 1 aliphatic rings. The first kappa shape index (κ1) is 12.9. The van der Waals surface area contributed by atoms with Crippen LogP contribution in [0.4, 0.5) is 5.69 Å². The number of piperidine rings is 1. The molecule has 98 valence electrons. The number of benzene rings is 1. The van der Waals surface area contributed by atoms with Gasteiger partial charge in [0.15, 0.2) is 0 Å². The molecule has 4 nitrogen and oxygen atoms in total. The number of anilines is 1. The quantitative estimate of drug-likeness (QED) is 0.763. The number of rotatable bonds is 4. The van der Waals surface area contributed by atoms with E-state index in [1.807, 2.05) is 13.0 Å². The van der Waals surface area contributed by atoms with Crippen molar-refractivity contribution in [1.82, 2.24) is 5.32 Å². The zero-order chi connectivity index (χ0) is 13.0. The van der Waals surface area contributed by atoms with Gasteiger partial charge in [0.25, 0.3) is 0 Å². The van der Waals surface area contributed by atoms with Gasteiger partial charge in [0.2, 0.25) is 0 Å². The molecular weight excluding hydrogens is 228 g/mol. The van der Waals surface area contributed by atoms with Crippen molar-refractivity contribution < 1.29 is 9.90 Å². The third kappa shape index (κ3) is 3.23. The van der Waals surface area contributed by atoms with E-state index in [0.29, 0.717) is 11.5 Å². The highest BCUT2D eigenvalue weighted by molar-refractivity contribution is 5.89. The maximum absolute atomic E-state index is 10.9. The van der Waals surface area contributed by atoms with Gasteiger partial charge in [-0.15, -0.1) is 0 Å². The van der Waals surface area contributed by atoms with Crippen molar-refractivity contribution in [2.75, 3.05) is 25.0 Å². The maximum atomic E-state index is 10.9. The van der Waals surface area contributed by atoms with Crippen LogP contribution >= 0.6 is 0 Å². The second-order valence-corrected chi connectivity index (χ2v) is 4.93. The fraction of sp³-hybridized carbons (Fsp3) is 0.500. The summed E-state index contributed by atoms with van der Waals surface area (Å²) in [6, 6.07) is 5.21. The lowest BCUT2D eigenvalue weighted by atomic mass is 9.99. The minimum Gasteiger partial charge on any atom is -0.478 e. The van der Waals surface area contributed by atoms with Crippen molar-refractivity contribution in [2.45, 2.75) is 19.8 Å². The smallest absolute Gasteiger partial charge is 0.335 e. The van der Waals surface area contributed by atoms with Crippen molar-refractivity contribution in [1.29, 1.82) is 0 Å². The number of nitrogens with one attached hydrogen (secondary N) is 2. The summed E-state index contributed by atoms with van der Waals surface area (Å²) < 4.78 is 0. The van der Waals surface area contributed by atoms with E-state index < -0.39 is 5.97 Å². The fourth-order valence-corrected chi connectivity index (χ4v) is 2.30. The molecule has 1 unspecified atom stereocenters. The van der Waals surface area contributed by atoms with E-state index in [-0.39, 0.29) is 0 Å². The zero-order valence-electron chi connectivity index (χ0n) is 10.7. The molecule has 0 radical (unpaired) electrons. The maximum Gasteiger partial charge on any atom is 0.335 e. The number of aryl methyl sites for hydroxylation is 1. The van der Waals surface area contributed by atoms with Crippen LogP contribution in [0.3, 0.4) is 0 Å². The molecule has 1 fully saturated rings. The first-order chi connectivity index (χ1) is 8.66. The molecule has 1 saturated heterocycles. The predicted octanol–water partition coefficient (Wildman–Crippen LogP) is 2.10. The predicted molar refractivity (Wildman–Crippen MR) is 72.2 cm³/mol. The summed E-state index contributed by atoms with van der Waals surface area (Å²) in [5, 5.41) is 15.7. The Bertz CT molecular complexity index is 426. The first-order valence-electron chi connectivity index (χ1n) is 6.45. The van der Waals surface area contributed by atoms with E-state index >= 15 is 0 Å². The van der Waals surface area contributed by atoms with Crippen LogP contribution in [-0.2, 0) is 0 Å². The van der Waals surface area contributed by atoms with Gasteiger partial charge in [-0.3, -0.25) is 0 Å². The molecular formula is C14H20N2O2. The number of carbonyl (C=O) groups is 1. The van der Waals surface area contributed by atoms with Crippen molar-refractivity contribution in [3.05, 3.63) is 29.3 Å². The van der Waals surface area contributed by atoms with E-state index in [4.69, 9.17) is 5.11 Å². The molecule has 0 saturated carbocycles. The van der Waals surface area contributed by atoms with Crippen LogP contribution in [0.5, 0.6) is 0 Å². The number of hydrogen-bond donors (Lipinski definition) is 3. The van der Waals surface area contributed by atoms with Gasteiger partial charge in [-0.05, 0) is 56.5 Å². The molecule has 0 amide bonds. The standard InChI is InChI=1S/C14H20N2O2/c1-10-4-5-12(14(17)18)7-13(10)16-9-11-3-2-6-15-8-11/h4-5,7,11,15-16H,2-3,6,8-9H2,1H3,(H,17,18). The van der Waals surface area contributed by atoms with E-state index in [1.165, 1.54) is 12.8 Å². The number of carboxylic acids is 1. The van der Waals surface area contributed by atoms with Crippen LogP contribution in [0.2, 0.25) is 0 Å². The van der Waals surface area contributed by atoms with Crippen molar-refractivity contribution in [3.8, 4) is 0 Å². The Morgan fingerprint density at radius 1 is 1.56 bits per heavy atom. The van der Waals surface area contributed by atoms with Crippen molar-refractivity contribution >= 4 is 11.7 Å². The molecule has 18 heavy (non-hydrogen) atoms. The summed E-state index contributed by atoms with van der Waals surface area (Å²) in [4.78, 5) is 10.9. The Morgan fingerprint density at radius 2 is 2.39 bits per heavy atom. The average Bonchev–Trinajstić information content (AvgIpc) is 2.38. The molecule has 1 aliphatic heterocycles. The third-order valence-electron chi connectivity index (χ3n) is 3.46. The van der Waals surface area contributed by atoms with Gasteiger partial charge in [-0.2, -0.15) is 0 Å². The van der Waals surface area contributed by atoms with Crippen LogP contribution in [0, 0.1) is 12.8 Å². The Labute approximate surface area is 107 Å². The Balaban J connectivity index is 1.99. The monoisotopic (exact) mass is 248 g/mol. The molecule has 1 aromatic rings. The molecule has 0 bridgehead atoms. The number of carboxylic acid groups (broad SMARTS) is 1. The lowest BCUT2D eigenvalue weighted by Gasteiger charge is -2.23. The second kappa shape index (κ2) is 5.87. The molecule has 2 rings (SSSR count). The van der Waals surface area contributed by atoms with Crippen LogP contribution in [-0.4, -0.2) is 30.7 Å². The lowest BCUT2D eigenvalue weighted by molar-refractivity contribution is 0.0697. The van der Waals surface area contributed by atoms with Crippen LogP contribution in [0.15, 0.2) is 18.2 Å². The zero-order valence-corrected chi connectivity index (χ0v) is 10.7. The SMILES string of the molecule is Cc1ccc(C(=O)O)cc1NCC1CCCNC1. The number of aromatic carboxylic acids is 1. The van der Waals surface area contributed by atoms with Crippen LogP contribution in [0.1, 0.15) is 28.8 Å². The van der Waals surface area contributed by atoms with Gasteiger partial charge in [0.1, 0.15) is 0 Å². The van der Waals surface area contributed by atoms with Gasteiger partial charge in [0, 0.05) is 12.2 Å². The Kier molecular flexibility index (Phi) is 4.20. The molecule has 1 heterocycles. The summed E-state index contributed by atoms with van der Waals surface area (Å²) in [5.74, 6) is -0.246. The Morgan fingerprint density at radius 3 is 3.06 bits per heavy atom. The largest absolute Gasteiger partial charge is 0.478 e. The summed E-state index contributed by atoms with van der Waals surface area (Å²) in [7, 11) is 0. The van der Waals surface area contributed by atoms with E-state index in [9.17, 15) is 4.79 Å². The van der Waals surface area contributed by atoms with Gasteiger partial charge in [-0.1, -0.05) is 6.07 Å². The third-order valence-corrected chi connectivity index (χ3v) is 3.46. The average molecular weight is 248 g/mol. The summed E-state index contributed by atoms with van der Waals surface area (Å²) >= 11 is 0. The molecule has 0 aliphatic carbocycles. The molecule has 1 atom stereocenters. The molecule has 0 spiro atoms. The second-order valence-electron chi connectivity index (χ2n) is 4.93. The van der Waals surface area contributed by atoms with Gasteiger partial charge >= 0.3 is 5.97 Å². The molecule has 0 aromatic heterocycles. The minimum absolute atomic E-state index is 0.338. The van der Waals surface area contributed by atoms with Gasteiger partial charge in [0.05, 0.1) is 5.56 Å².